The Labute approximate surface area is 159 Å². The number of ether oxygens (including phenoxy) is 2. The summed E-state index contributed by atoms with van der Waals surface area (Å²) in [5.74, 6) is 3.16. The van der Waals surface area contributed by atoms with Crippen LogP contribution in [0.2, 0.25) is 0 Å². The number of likely N-dealkylation sites (tertiary alicyclic amines) is 1. The van der Waals surface area contributed by atoms with Crippen LogP contribution < -0.4 is 9.47 Å². The maximum Gasteiger partial charge on any atom is 0.231 e. The average Bonchev–Trinajstić information content (AvgIpc) is 3.35. The summed E-state index contributed by atoms with van der Waals surface area (Å²) in [5.41, 5.74) is 2.77. The van der Waals surface area contributed by atoms with Gasteiger partial charge in [-0.05, 0) is 67.2 Å². The van der Waals surface area contributed by atoms with Crippen molar-refractivity contribution in [1.82, 2.24) is 14.8 Å². The quantitative estimate of drug-likeness (QED) is 0.838. The van der Waals surface area contributed by atoms with Crippen LogP contribution in [0, 0.1) is 5.92 Å². The highest BCUT2D eigenvalue weighted by Crippen LogP contribution is 2.48. The number of rotatable bonds is 3. The average molecular weight is 363 g/mol. The molecule has 0 unspecified atom stereocenters. The van der Waals surface area contributed by atoms with Crippen LogP contribution in [0.15, 0.2) is 42.7 Å². The molecule has 5 heteroatoms. The van der Waals surface area contributed by atoms with Crippen LogP contribution >= 0.6 is 0 Å². The van der Waals surface area contributed by atoms with E-state index in [0.717, 1.165) is 30.5 Å². The van der Waals surface area contributed by atoms with Crippen LogP contribution in [0.5, 0.6) is 11.5 Å². The molecule has 2 bridgehead atoms. The minimum absolute atomic E-state index is 0.345. The van der Waals surface area contributed by atoms with Crippen molar-refractivity contribution in [2.75, 3.05) is 26.4 Å². The van der Waals surface area contributed by atoms with Crippen molar-refractivity contribution in [3.63, 3.8) is 0 Å². The fourth-order valence-corrected chi connectivity index (χ4v) is 5.88. The summed E-state index contributed by atoms with van der Waals surface area (Å²) in [5, 5.41) is 0. The van der Waals surface area contributed by atoms with Gasteiger partial charge in [-0.2, -0.15) is 0 Å². The molecular weight excluding hydrogens is 338 g/mol. The van der Waals surface area contributed by atoms with Crippen molar-refractivity contribution in [1.29, 1.82) is 0 Å². The van der Waals surface area contributed by atoms with E-state index in [2.05, 4.69) is 45.1 Å². The first kappa shape index (κ1) is 15.9. The van der Waals surface area contributed by atoms with Gasteiger partial charge in [-0.1, -0.05) is 6.07 Å². The summed E-state index contributed by atoms with van der Waals surface area (Å²) >= 11 is 0. The predicted octanol–water partition coefficient (Wildman–Crippen LogP) is 2.87. The van der Waals surface area contributed by atoms with Crippen LogP contribution in [-0.2, 0) is 6.54 Å². The molecule has 140 valence electrons. The van der Waals surface area contributed by atoms with Gasteiger partial charge >= 0.3 is 0 Å². The zero-order chi connectivity index (χ0) is 17.8. The molecule has 0 aliphatic carbocycles. The molecule has 5 aliphatic heterocycles. The third-order valence-corrected chi connectivity index (χ3v) is 7.05. The first-order chi connectivity index (χ1) is 13.4. The minimum Gasteiger partial charge on any atom is -0.454 e. The second-order valence-corrected chi connectivity index (χ2v) is 8.36. The number of hydrogen-bond acceptors (Lipinski definition) is 5. The third-order valence-electron chi connectivity index (χ3n) is 7.05. The number of hydrogen-bond donors (Lipinski definition) is 0. The Morgan fingerprint density at radius 2 is 1.78 bits per heavy atom. The summed E-state index contributed by atoms with van der Waals surface area (Å²) < 4.78 is 11.2. The van der Waals surface area contributed by atoms with Crippen molar-refractivity contribution in [3.8, 4) is 11.5 Å². The summed E-state index contributed by atoms with van der Waals surface area (Å²) in [6.45, 7) is 5.00. The van der Waals surface area contributed by atoms with E-state index in [-0.39, 0.29) is 0 Å². The van der Waals surface area contributed by atoms with Crippen LogP contribution in [-0.4, -0.2) is 53.3 Å². The Kier molecular flexibility index (Phi) is 3.66. The number of nitrogens with zero attached hydrogens (tertiary/aromatic N) is 3. The lowest BCUT2D eigenvalue weighted by molar-refractivity contribution is -0.00870. The molecule has 0 N–H and O–H groups in total. The zero-order valence-corrected chi connectivity index (χ0v) is 15.5. The van der Waals surface area contributed by atoms with E-state index in [0.29, 0.717) is 24.8 Å². The molecule has 0 saturated carbocycles. The van der Waals surface area contributed by atoms with Gasteiger partial charge in [-0.25, -0.2) is 0 Å². The van der Waals surface area contributed by atoms with Gasteiger partial charge < -0.3 is 9.47 Å². The van der Waals surface area contributed by atoms with E-state index in [9.17, 15) is 0 Å². The molecule has 4 fully saturated rings. The molecule has 3 atom stereocenters. The second kappa shape index (κ2) is 6.21. The van der Waals surface area contributed by atoms with Gasteiger partial charge in [-0.15, -0.1) is 0 Å². The number of fused-ring (bicyclic) bond motifs is 3. The number of piperidine rings is 3. The lowest BCUT2D eigenvalue weighted by atomic mass is 9.75. The van der Waals surface area contributed by atoms with E-state index in [1.807, 2.05) is 12.4 Å². The molecule has 1 aromatic heterocycles. The fourth-order valence-electron chi connectivity index (χ4n) is 5.88. The Bertz CT molecular complexity index is 835. The van der Waals surface area contributed by atoms with Crippen molar-refractivity contribution in [2.45, 2.75) is 37.4 Å². The van der Waals surface area contributed by atoms with Gasteiger partial charge in [0, 0.05) is 43.5 Å². The molecule has 5 nitrogen and oxygen atoms in total. The highest BCUT2D eigenvalue weighted by Gasteiger charge is 2.53. The van der Waals surface area contributed by atoms with Crippen LogP contribution in [0.1, 0.15) is 29.9 Å². The highest BCUT2D eigenvalue weighted by molar-refractivity contribution is 5.46. The molecule has 0 radical (unpaired) electrons. The summed E-state index contributed by atoms with van der Waals surface area (Å²) in [7, 11) is 0. The first-order valence-corrected chi connectivity index (χ1v) is 10.1. The van der Waals surface area contributed by atoms with Gasteiger partial charge in [0.1, 0.15) is 0 Å². The summed E-state index contributed by atoms with van der Waals surface area (Å²) in [4.78, 5) is 9.68. The third kappa shape index (κ3) is 2.56. The Balaban J connectivity index is 1.35. The molecule has 1 aromatic carbocycles. The normalized spacial score (nSPS) is 34.0. The molecule has 2 aromatic rings. The number of pyridine rings is 1. The Morgan fingerprint density at radius 3 is 2.63 bits per heavy atom. The van der Waals surface area contributed by atoms with Gasteiger partial charge in [0.2, 0.25) is 6.79 Å². The predicted molar refractivity (Wildman–Crippen MR) is 102 cm³/mol. The largest absolute Gasteiger partial charge is 0.454 e. The second-order valence-electron chi connectivity index (χ2n) is 8.36. The van der Waals surface area contributed by atoms with Gasteiger partial charge in [0.15, 0.2) is 11.5 Å². The molecule has 6 heterocycles. The highest BCUT2D eigenvalue weighted by atomic mass is 16.7. The molecule has 5 aliphatic rings. The van der Waals surface area contributed by atoms with Crippen LogP contribution in [0.3, 0.4) is 0 Å². The van der Waals surface area contributed by atoms with E-state index >= 15 is 0 Å². The van der Waals surface area contributed by atoms with Crippen molar-refractivity contribution < 1.29 is 9.47 Å². The smallest absolute Gasteiger partial charge is 0.231 e. The Hall–Kier alpha value is -2.11. The van der Waals surface area contributed by atoms with E-state index in [1.54, 1.807) is 0 Å². The standard InChI is InChI=1S/C22H25N3O2/c1-2-19-20(27-14-26-19)11-17(1)18-13-25(12-15-3-7-23-8-4-15)21-16-5-9-24(10-6-16)22(18)21/h1-4,7-8,11,16,18,21-22H,5-6,9-10,12-14H2/t18-,21-,22-/m1/s1. The van der Waals surface area contributed by atoms with Gasteiger partial charge in [0.25, 0.3) is 0 Å². The maximum atomic E-state index is 5.66. The van der Waals surface area contributed by atoms with E-state index in [4.69, 9.17) is 9.47 Å². The van der Waals surface area contributed by atoms with Gasteiger partial charge in [0.05, 0.1) is 0 Å². The monoisotopic (exact) mass is 363 g/mol. The van der Waals surface area contributed by atoms with Crippen molar-refractivity contribution in [2.24, 2.45) is 5.92 Å². The molecule has 0 amide bonds. The SMILES string of the molecule is c1cc(CN2C[C@H](c3ccc4c(c3)OCO4)[C@@H]3[C@H]2C2CCN3CC2)ccn1. The molecule has 7 rings (SSSR count). The molecular formula is C22H25N3O2. The number of benzene rings is 1. The van der Waals surface area contributed by atoms with Crippen LogP contribution in [0.4, 0.5) is 0 Å². The number of aromatic nitrogens is 1. The molecule has 0 spiro atoms. The lowest BCUT2D eigenvalue weighted by Gasteiger charge is -2.51. The summed E-state index contributed by atoms with van der Waals surface area (Å²) in [6, 6.07) is 12.2. The summed E-state index contributed by atoms with van der Waals surface area (Å²) in [6.07, 6.45) is 6.52. The molecule has 27 heavy (non-hydrogen) atoms. The topological polar surface area (TPSA) is 37.8 Å². The zero-order valence-electron chi connectivity index (χ0n) is 15.5. The van der Waals surface area contributed by atoms with E-state index in [1.165, 1.54) is 37.1 Å². The fraction of sp³-hybridized carbons (Fsp3) is 0.500. The molecule has 4 saturated heterocycles. The lowest BCUT2D eigenvalue weighted by Crippen LogP contribution is -2.59. The van der Waals surface area contributed by atoms with Crippen LogP contribution in [0.25, 0.3) is 0 Å². The maximum absolute atomic E-state index is 5.66. The Morgan fingerprint density at radius 1 is 0.963 bits per heavy atom. The first-order valence-electron chi connectivity index (χ1n) is 10.1. The van der Waals surface area contributed by atoms with Crippen molar-refractivity contribution >= 4 is 0 Å². The van der Waals surface area contributed by atoms with Gasteiger partial charge in [-0.3, -0.25) is 14.8 Å². The minimum atomic E-state index is 0.345. The van der Waals surface area contributed by atoms with E-state index < -0.39 is 0 Å². The van der Waals surface area contributed by atoms with Crippen molar-refractivity contribution in [3.05, 3.63) is 53.9 Å².